The van der Waals surface area contributed by atoms with Crippen LogP contribution in [0.1, 0.15) is 16.7 Å². The molecule has 0 unspecified atom stereocenters. The van der Waals surface area contributed by atoms with E-state index in [1.807, 2.05) is 97.2 Å². The number of hydrogen-bond donors (Lipinski definition) is 1. The quantitative estimate of drug-likeness (QED) is 0.110. The van der Waals surface area contributed by atoms with E-state index >= 15 is 0 Å². The van der Waals surface area contributed by atoms with E-state index < -0.39 is 0 Å². The molecule has 5 nitrogen and oxygen atoms in total. The van der Waals surface area contributed by atoms with Crippen LogP contribution in [0.5, 0.6) is 0 Å². The second-order valence-electron chi connectivity index (χ2n) is 13.2. The molecule has 1 N–H and O–H groups in total. The molecule has 0 saturated carbocycles. The minimum atomic E-state index is 0.150. The van der Waals surface area contributed by atoms with E-state index in [1.165, 1.54) is 15.5 Å². The van der Waals surface area contributed by atoms with Gasteiger partial charge in [-0.15, -0.1) is 11.3 Å². The van der Waals surface area contributed by atoms with Gasteiger partial charge in [-0.2, -0.15) is 0 Å². The maximum Gasteiger partial charge on any atom is 0.227 e. The number of amidine groups is 2. The van der Waals surface area contributed by atoms with Crippen LogP contribution < -0.4 is 0 Å². The van der Waals surface area contributed by atoms with Gasteiger partial charge < -0.3 is 4.42 Å². The smallest absolute Gasteiger partial charge is 0.227 e. The number of aromatic nitrogens is 1. The van der Waals surface area contributed by atoms with Gasteiger partial charge in [-0.05, 0) is 57.6 Å². The monoisotopic (exact) mass is 710 g/mol. The van der Waals surface area contributed by atoms with E-state index in [-0.39, 0.29) is 5.84 Å². The minimum Gasteiger partial charge on any atom is -0.435 e. The molecule has 2 heterocycles. The van der Waals surface area contributed by atoms with E-state index in [0.29, 0.717) is 11.7 Å². The third-order valence-electron chi connectivity index (χ3n) is 9.87. The Bertz CT molecular complexity index is 3110. The Morgan fingerprint density at radius 2 is 1.15 bits per heavy atom. The van der Waals surface area contributed by atoms with Gasteiger partial charge >= 0.3 is 0 Å². The van der Waals surface area contributed by atoms with Crippen molar-refractivity contribution in [3.8, 4) is 22.6 Å². The molecule has 0 aliphatic carbocycles. The lowest BCUT2D eigenvalue weighted by Crippen LogP contribution is -2.05. The molecular formula is C48H30N4OS. The van der Waals surface area contributed by atoms with Gasteiger partial charge in [0.2, 0.25) is 5.89 Å². The highest BCUT2D eigenvalue weighted by molar-refractivity contribution is 7.27. The lowest BCUT2D eigenvalue weighted by molar-refractivity contribution is 0.623. The zero-order chi connectivity index (χ0) is 36.0. The summed E-state index contributed by atoms with van der Waals surface area (Å²) >= 11 is 1.74. The first-order valence-electron chi connectivity index (χ1n) is 17.8. The molecule has 6 heteroatoms. The number of hydrogen-bond acceptors (Lipinski definition) is 4. The van der Waals surface area contributed by atoms with Gasteiger partial charge in [-0.1, -0.05) is 140 Å². The molecule has 0 amide bonds. The van der Waals surface area contributed by atoms with Crippen LogP contribution in [0.3, 0.4) is 0 Å². The molecule has 2 aromatic heterocycles. The molecule has 0 fully saturated rings. The van der Waals surface area contributed by atoms with Crippen molar-refractivity contribution in [3.05, 3.63) is 187 Å². The first-order chi connectivity index (χ1) is 26.7. The molecule has 0 saturated heterocycles. The fourth-order valence-electron chi connectivity index (χ4n) is 7.23. The maximum atomic E-state index is 8.93. The predicted octanol–water partition coefficient (Wildman–Crippen LogP) is 12.7. The Labute approximate surface area is 314 Å². The highest BCUT2D eigenvalue weighted by Gasteiger charge is 2.18. The van der Waals surface area contributed by atoms with Gasteiger partial charge in [-0.25, -0.2) is 15.0 Å². The first-order valence-corrected chi connectivity index (χ1v) is 18.6. The number of rotatable bonds is 5. The summed E-state index contributed by atoms with van der Waals surface area (Å²) in [6, 6.07) is 57.5. The van der Waals surface area contributed by atoms with Crippen LogP contribution in [0.15, 0.2) is 184 Å². The van der Waals surface area contributed by atoms with Gasteiger partial charge in [0, 0.05) is 49.3 Å². The summed E-state index contributed by atoms with van der Waals surface area (Å²) in [4.78, 5) is 14.8. The van der Waals surface area contributed by atoms with Crippen molar-refractivity contribution in [1.29, 1.82) is 5.41 Å². The Kier molecular flexibility index (Phi) is 7.74. The summed E-state index contributed by atoms with van der Waals surface area (Å²) < 4.78 is 8.72. The normalized spacial score (nSPS) is 12.2. The van der Waals surface area contributed by atoms with E-state index in [2.05, 4.69) is 78.9 Å². The zero-order valence-electron chi connectivity index (χ0n) is 28.9. The van der Waals surface area contributed by atoms with Gasteiger partial charge in [0.05, 0.1) is 4.70 Å². The number of aliphatic imine (C=N–C) groups is 2. The number of thiophene rings is 1. The lowest BCUT2D eigenvalue weighted by Gasteiger charge is -2.10. The molecule has 254 valence electrons. The van der Waals surface area contributed by atoms with Crippen LogP contribution in [-0.2, 0) is 0 Å². The number of nitrogens with one attached hydrogen (secondary N) is 1. The van der Waals surface area contributed by atoms with Crippen LogP contribution in [0.25, 0.3) is 75.4 Å². The first kappa shape index (κ1) is 31.7. The average molecular weight is 711 g/mol. The highest BCUT2D eigenvalue weighted by atomic mass is 32.1. The summed E-state index contributed by atoms with van der Waals surface area (Å²) in [5.74, 6) is 1.24. The van der Waals surface area contributed by atoms with Crippen molar-refractivity contribution in [3.63, 3.8) is 0 Å². The Balaban J connectivity index is 1.15. The van der Waals surface area contributed by atoms with Crippen LogP contribution in [0, 0.1) is 5.41 Å². The fourth-order valence-corrected chi connectivity index (χ4v) is 8.53. The average Bonchev–Trinajstić information content (AvgIpc) is 3.86. The molecule has 8 aromatic carbocycles. The maximum absolute atomic E-state index is 8.93. The molecule has 10 aromatic rings. The fraction of sp³-hybridized carbons (Fsp3) is 0. The van der Waals surface area contributed by atoms with Crippen molar-refractivity contribution in [2.45, 2.75) is 0 Å². The standard InChI is InChI=1S/C48H30N4OS/c49-46(31-15-6-2-7-16-31)52-47(34-20-12-19-33(27-34)30-13-4-1-5-14-30)50-29-35-28-41-38(37-22-11-10-21-36(35)37)23-24-39-40-25-26-42-43(45(40)54-44(39)41)53-48(51-42)32-17-8-3-9-18-32/h1-29,49H. The summed E-state index contributed by atoms with van der Waals surface area (Å²) in [5, 5.41) is 15.8. The molecule has 10 rings (SSSR count). The van der Waals surface area contributed by atoms with Crippen molar-refractivity contribution >= 4 is 82.0 Å². The summed E-state index contributed by atoms with van der Waals surface area (Å²) in [6.07, 6.45) is 1.90. The second kappa shape index (κ2) is 13.2. The van der Waals surface area contributed by atoms with E-state index in [4.69, 9.17) is 24.8 Å². The van der Waals surface area contributed by atoms with Crippen molar-refractivity contribution < 1.29 is 4.42 Å². The number of nitrogens with zero attached hydrogens (tertiary/aromatic N) is 3. The highest BCUT2D eigenvalue weighted by Crippen LogP contribution is 2.44. The molecule has 0 aliphatic heterocycles. The number of oxazole rings is 1. The third-order valence-corrected chi connectivity index (χ3v) is 11.1. The van der Waals surface area contributed by atoms with E-state index in [0.717, 1.165) is 70.7 Å². The topological polar surface area (TPSA) is 74.6 Å². The van der Waals surface area contributed by atoms with Crippen LogP contribution in [0.4, 0.5) is 0 Å². The van der Waals surface area contributed by atoms with Gasteiger partial charge in [0.1, 0.15) is 5.52 Å². The largest absolute Gasteiger partial charge is 0.435 e. The van der Waals surface area contributed by atoms with Crippen LogP contribution in [-0.4, -0.2) is 22.9 Å². The van der Waals surface area contributed by atoms with Crippen molar-refractivity contribution in [2.24, 2.45) is 9.98 Å². The zero-order valence-corrected chi connectivity index (χ0v) is 29.7. The number of benzene rings is 8. The minimum absolute atomic E-state index is 0.150. The van der Waals surface area contributed by atoms with E-state index in [1.54, 1.807) is 11.3 Å². The third kappa shape index (κ3) is 5.57. The molecule has 0 bridgehead atoms. The Morgan fingerprint density at radius 1 is 0.537 bits per heavy atom. The summed E-state index contributed by atoms with van der Waals surface area (Å²) in [6.45, 7) is 0. The van der Waals surface area contributed by atoms with Crippen molar-refractivity contribution in [2.75, 3.05) is 0 Å². The Hall–Kier alpha value is -7.02. The van der Waals surface area contributed by atoms with Gasteiger partial charge in [0.15, 0.2) is 17.3 Å². The van der Waals surface area contributed by atoms with Gasteiger partial charge in [0.25, 0.3) is 0 Å². The van der Waals surface area contributed by atoms with Crippen LogP contribution in [0.2, 0.25) is 0 Å². The molecule has 0 atom stereocenters. The molecule has 0 spiro atoms. The lowest BCUT2D eigenvalue weighted by atomic mass is 9.96. The molecule has 0 radical (unpaired) electrons. The number of fused-ring (bicyclic) bond motifs is 9. The van der Waals surface area contributed by atoms with E-state index in [9.17, 15) is 0 Å². The predicted molar refractivity (Wildman–Crippen MR) is 227 cm³/mol. The summed E-state index contributed by atoms with van der Waals surface area (Å²) in [5.41, 5.74) is 7.30. The Morgan fingerprint density at radius 3 is 1.94 bits per heavy atom. The van der Waals surface area contributed by atoms with Crippen LogP contribution >= 0.6 is 11.3 Å². The molecular weight excluding hydrogens is 681 g/mol. The van der Waals surface area contributed by atoms with Gasteiger partial charge in [-0.3, -0.25) is 5.41 Å². The molecule has 54 heavy (non-hydrogen) atoms. The summed E-state index contributed by atoms with van der Waals surface area (Å²) in [7, 11) is 0. The molecule has 0 aliphatic rings. The van der Waals surface area contributed by atoms with Crippen molar-refractivity contribution in [1.82, 2.24) is 4.98 Å². The second-order valence-corrected chi connectivity index (χ2v) is 14.2. The SMILES string of the molecule is N=C(N=C(N=Cc1cc2c(ccc3c4ccc5nc(-c6ccccc6)oc5c4sc23)c2ccccc12)c1cccc(-c2ccccc2)c1)c1ccccc1.